The predicted octanol–water partition coefficient (Wildman–Crippen LogP) is 3.79. The van der Waals surface area contributed by atoms with Crippen molar-refractivity contribution in [2.75, 3.05) is 26.2 Å². The van der Waals surface area contributed by atoms with Crippen molar-refractivity contribution in [3.8, 4) is 0 Å². The molecule has 1 aromatic carbocycles. The Bertz CT molecular complexity index is 786. The molecule has 2 heterocycles. The van der Waals surface area contributed by atoms with Crippen molar-refractivity contribution in [1.82, 2.24) is 20.0 Å². The highest BCUT2D eigenvalue weighted by Gasteiger charge is 2.34. The minimum Gasteiger partial charge on any atom is -0.328 e. The van der Waals surface area contributed by atoms with Crippen LogP contribution in [0.4, 0.5) is 13.2 Å². The molecule has 1 saturated heterocycles. The lowest BCUT2D eigenvalue weighted by molar-refractivity contribution is -0.140. The van der Waals surface area contributed by atoms with Gasteiger partial charge in [0.25, 0.3) is 5.91 Å². The molecule has 1 aliphatic rings. The van der Waals surface area contributed by atoms with Gasteiger partial charge in [0.15, 0.2) is 0 Å². The third kappa shape index (κ3) is 6.75. The van der Waals surface area contributed by atoms with Crippen LogP contribution in [0.5, 0.6) is 0 Å². The molecule has 1 aromatic heterocycles. The van der Waals surface area contributed by atoms with Gasteiger partial charge in [-0.3, -0.25) is 9.48 Å². The summed E-state index contributed by atoms with van der Waals surface area (Å²) in [4.78, 5) is 13.6. The normalized spacial score (nSPS) is 16.9. The average molecular weight is 431 g/mol. The van der Waals surface area contributed by atoms with E-state index < -0.39 is 18.6 Å². The highest BCUT2D eigenvalue weighted by atomic mass is 35.5. The van der Waals surface area contributed by atoms with Crippen LogP contribution in [0.3, 0.4) is 0 Å². The van der Waals surface area contributed by atoms with E-state index in [0.717, 1.165) is 42.0 Å². The van der Waals surface area contributed by atoms with E-state index in [-0.39, 0.29) is 30.7 Å². The SMILES string of the molecule is Cc1ccc(CCN(CC(F)(F)F)C(=O)c2ccn(C3CCCNC3)n2)cc1.Cl. The van der Waals surface area contributed by atoms with Gasteiger partial charge in [0.1, 0.15) is 12.2 Å². The Morgan fingerprint density at radius 3 is 2.62 bits per heavy atom. The largest absolute Gasteiger partial charge is 0.406 e. The molecule has 9 heteroatoms. The molecule has 2 aromatic rings. The van der Waals surface area contributed by atoms with Crippen LogP contribution in [0.15, 0.2) is 36.5 Å². The molecule has 0 aliphatic carbocycles. The van der Waals surface area contributed by atoms with Crippen LogP contribution in [-0.2, 0) is 6.42 Å². The van der Waals surface area contributed by atoms with Gasteiger partial charge in [-0.1, -0.05) is 29.8 Å². The van der Waals surface area contributed by atoms with E-state index in [1.165, 1.54) is 6.07 Å². The number of carbonyl (C=O) groups excluding carboxylic acids is 1. The number of hydrogen-bond acceptors (Lipinski definition) is 3. The number of aromatic nitrogens is 2. The number of carbonyl (C=O) groups is 1. The van der Waals surface area contributed by atoms with Crippen molar-refractivity contribution >= 4 is 18.3 Å². The van der Waals surface area contributed by atoms with Crippen molar-refractivity contribution < 1.29 is 18.0 Å². The first-order valence-electron chi connectivity index (χ1n) is 9.49. The summed E-state index contributed by atoms with van der Waals surface area (Å²) in [7, 11) is 0. The van der Waals surface area contributed by atoms with Crippen molar-refractivity contribution in [3.05, 3.63) is 53.3 Å². The molecule has 1 atom stereocenters. The van der Waals surface area contributed by atoms with Gasteiger partial charge in [-0.2, -0.15) is 18.3 Å². The van der Waals surface area contributed by atoms with Gasteiger partial charge in [0.2, 0.25) is 0 Å². The summed E-state index contributed by atoms with van der Waals surface area (Å²) in [5.41, 5.74) is 2.03. The zero-order chi connectivity index (χ0) is 20.1. The maximum absolute atomic E-state index is 13.0. The van der Waals surface area contributed by atoms with Crippen molar-refractivity contribution in [3.63, 3.8) is 0 Å². The summed E-state index contributed by atoms with van der Waals surface area (Å²) < 4.78 is 40.8. The number of nitrogens with one attached hydrogen (secondary N) is 1. The fraction of sp³-hybridized carbons (Fsp3) is 0.500. The summed E-state index contributed by atoms with van der Waals surface area (Å²) in [6, 6.07) is 9.19. The van der Waals surface area contributed by atoms with Crippen LogP contribution < -0.4 is 5.32 Å². The molecule has 0 saturated carbocycles. The number of alkyl halides is 3. The summed E-state index contributed by atoms with van der Waals surface area (Å²) in [5, 5.41) is 7.53. The molecule has 1 N–H and O–H groups in total. The molecule has 0 bridgehead atoms. The van der Waals surface area contributed by atoms with Gasteiger partial charge in [0, 0.05) is 19.3 Å². The summed E-state index contributed by atoms with van der Waals surface area (Å²) in [5.74, 6) is -0.688. The standard InChI is InChI=1S/C20H25F3N4O.ClH/c1-15-4-6-16(7-5-15)8-11-26(14-20(21,22)23)19(28)18-9-12-27(25-18)17-3-2-10-24-13-17;/h4-7,9,12,17,24H,2-3,8,10-11,13-14H2,1H3;1H. The molecule has 3 rings (SSSR count). The van der Waals surface area contributed by atoms with Gasteiger partial charge in [-0.25, -0.2) is 0 Å². The van der Waals surface area contributed by atoms with E-state index in [1.807, 2.05) is 31.2 Å². The van der Waals surface area contributed by atoms with Crippen LogP contribution >= 0.6 is 12.4 Å². The quantitative estimate of drug-likeness (QED) is 0.758. The maximum atomic E-state index is 13.0. The second kappa shape index (κ2) is 10.1. The zero-order valence-electron chi connectivity index (χ0n) is 16.3. The monoisotopic (exact) mass is 430 g/mol. The number of benzene rings is 1. The molecule has 1 unspecified atom stereocenters. The Morgan fingerprint density at radius 1 is 1.28 bits per heavy atom. The molecule has 1 aliphatic heterocycles. The van der Waals surface area contributed by atoms with Crippen LogP contribution in [0.25, 0.3) is 0 Å². The van der Waals surface area contributed by atoms with E-state index in [4.69, 9.17) is 0 Å². The third-order valence-electron chi connectivity index (χ3n) is 4.92. The first-order valence-corrected chi connectivity index (χ1v) is 9.49. The summed E-state index contributed by atoms with van der Waals surface area (Å²) in [6.07, 6.45) is -0.489. The van der Waals surface area contributed by atoms with E-state index in [1.54, 1.807) is 10.9 Å². The van der Waals surface area contributed by atoms with Crippen LogP contribution in [0.2, 0.25) is 0 Å². The maximum Gasteiger partial charge on any atom is 0.406 e. The number of piperidine rings is 1. The average Bonchev–Trinajstić information content (AvgIpc) is 3.16. The molecular weight excluding hydrogens is 405 g/mol. The number of halogens is 4. The van der Waals surface area contributed by atoms with Gasteiger partial charge < -0.3 is 10.2 Å². The fourth-order valence-corrected chi connectivity index (χ4v) is 3.36. The van der Waals surface area contributed by atoms with Gasteiger partial charge >= 0.3 is 6.18 Å². The molecule has 29 heavy (non-hydrogen) atoms. The highest BCUT2D eigenvalue weighted by Crippen LogP contribution is 2.20. The first-order chi connectivity index (χ1) is 13.3. The van der Waals surface area contributed by atoms with E-state index in [0.29, 0.717) is 6.42 Å². The fourth-order valence-electron chi connectivity index (χ4n) is 3.36. The molecular formula is C20H26ClF3N4O. The topological polar surface area (TPSA) is 50.2 Å². The molecule has 1 fully saturated rings. The Morgan fingerprint density at radius 2 is 2.00 bits per heavy atom. The number of hydrogen-bond donors (Lipinski definition) is 1. The lowest BCUT2D eigenvalue weighted by Crippen LogP contribution is -2.40. The third-order valence-corrected chi connectivity index (χ3v) is 4.92. The Kier molecular flexibility index (Phi) is 8.10. The predicted molar refractivity (Wildman–Crippen MR) is 107 cm³/mol. The number of aryl methyl sites for hydroxylation is 1. The number of amides is 1. The van der Waals surface area contributed by atoms with E-state index in [2.05, 4.69) is 10.4 Å². The number of rotatable bonds is 6. The van der Waals surface area contributed by atoms with E-state index >= 15 is 0 Å². The molecule has 5 nitrogen and oxygen atoms in total. The minimum absolute atomic E-state index is 0. The first kappa shape index (κ1) is 23.2. The second-order valence-corrected chi connectivity index (χ2v) is 7.26. The highest BCUT2D eigenvalue weighted by molar-refractivity contribution is 5.92. The van der Waals surface area contributed by atoms with Gasteiger partial charge in [-0.15, -0.1) is 12.4 Å². The van der Waals surface area contributed by atoms with Crippen LogP contribution in [-0.4, -0.2) is 52.9 Å². The Labute approximate surface area is 174 Å². The summed E-state index contributed by atoms with van der Waals surface area (Å²) >= 11 is 0. The Balaban J connectivity index is 0.00000300. The molecule has 0 spiro atoms. The Hall–Kier alpha value is -2.06. The van der Waals surface area contributed by atoms with E-state index in [9.17, 15) is 18.0 Å². The lowest BCUT2D eigenvalue weighted by Gasteiger charge is -2.24. The van der Waals surface area contributed by atoms with Gasteiger partial charge in [0.05, 0.1) is 6.04 Å². The van der Waals surface area contributed by atoms with Crippen molar-refractivity contribution in [1.29, 1.82) is 0 Å². The van der Waals surface area contributed by atoms with Crippen molar-refractivity contribution in [2.24, 2.45) is 0 Å². The number of nitrogens with zero attached hydrogens (tertiary/aromatic N) is 3. The second-order valence-electron chi connectivity index (χ2n) is 7.26. The minimum atomic E-state index is -4.46. The van der Waals surface area contributed by atoms with Gasteiger partial charge in [-0.05, 0) is 44.4 Å². The van der Waals surface area contributed by atoms with Crippen LogP contribution in [0, 0.1) is 6.92 Å². The molecule has 0 radical (unpaired) electrons. The smallest absolute Gasteiger partial charge is 0.328 e. The molecule has 160 valence electrons. The summed E-state index contributed by atoms with van der Waals surface area (Å²) in [6.45, 7) is 2.34. The molecule has 1 amide bonds. The van der Waals surface area contributed by atoms with Crippen molar-refractivity contribution in [2.45, 2.75) is 38.4 Å². The lowest BCUT2D eigenvalue weighted by atomic mass is 10.1. The zero-order valence-corrected chi connectivity index (χ0v) is 17.1. The van der Waals surface area contributed by atoms with Crippen LogP contribution in [0.1, 0.15) is 40.5 Å².